The highest BCUT2D eigenvalue weighted by molar-refractivity contribution is 7.94. The van der Waals surface area contributed by atoms with Gasteiger partial charge in [-0.05, 0) is 56.2 Å². The lowest BCUT2D eigenvalue weighted by atomic mass is 10.1. The zero-order valence-electron chi connectivity index (χ0n) is 16.6. The number of nitrogens with zero attached hydrogens (tertiary/aromatic N) is 1. The molecule has 3 rings (SSSR count). The second-order valence-corrected chi connectivity index (χ2v) is 10.8. The van der Waals surface area contributed by atoms with Crippen molar-refractivity contribution in [1.29, 1.82) is 0 Å². The van der Waals surface area contributed by atoms with Crippen LogP contribution in [0.4, 0.5) is 11.4 Å². The predicted molar refractivity (Wildman–Crippen MR) is 115 cm³/mol. The predicted octanol–water partition coefficient (Wildman–Crippen LogP) is 3.22. The smallest absolute Gasteiger partial charge is 0.265 e. The monoisotopic (exact) mass is 472 g/mol. The third-order valence-electron chi connectivity index (χ3n) is 4.50. The molecule has 2 aromatic carbocycles. The molecular formula is C19H21ClN2O6S2. The van der Waals surface area contributed by atoms with Crippen molar-refractivity contribution in [3.8, 4) is 5.75 Å². The summed E-state index contributed by atoms with van der Waals surface area (Å²) in [6.07, 6.45) is -0.159. The molecule has 0 atom stereocenters. The Morgan fingerprint density at radius 2 is 1.90 bits per heavy atom. The van der Waals surface area contributed by atoms with Gasteiger partial charge in [0.25, 0.3) is 10.0 Å². The molecule has 0 aliphatic carbocycles. The Kier molecular flexibility index (Phi) is 6.03. The summed E-state index contributed by atoms with van der Waals surface area (Å²) in [6.45, 7) is 5.42. The van der Waals surface area contributed by atoms with Gasteiger partial charge in [-0.2, -0.15) is 0 Å². The van der Waals surface area contributed by atoms with Crippen LogP contribution < -0.4 is 13.8 Å². The molecule has 1 amide bonds. The van der Waals surface area contributed by atoms with E-state index in [9.17, 15) is 21.6 Å². The Morgan fingerprint density at radius 3 is 2.47 bits per heavy atom. The van der Waals surface area contributed by atoms with Crippen LogP contribution in [0.3, 0.4) is 0 Å². The molecule has 1 fully saturated rings. The zero-order chi connectivity index (χ0) is 22.3. The number of anilines is 2. The van der Waals surface area contributed by atoms with Crippen LogP contribution in [0, 0.1) is 13.8 Å². The molecule has 1 aliphatic heterocycles. The number of carbonyl (C=O) groups excluding carboxylic acids is 1. The molecule has 1 saturated heterocycles. The molecule has 0 unspecified atom stereocenters. The van der Waals surface area contributed by atoms with Crippen LogP contribution in [0.25, 0.3) is 0 Å². The maximum atomic E-state index is 13.2. The molecule has 1 N–H and O–H groups in total. The van der Waals surface area contributed by atoms with Crippen molar-refractivity contribution in [2.75, 3.05) is 21.4 Å². The van der Waals surface area contributed by atoms with Crippen molar-refractivity contribution in [2.45, 2.75) is 32.1 Å². The van der Waals surface area contributed by atoms with Crippen LogP contribution in [-0.4, -0.2) is 35.1 Å². The van der Waals surface area contributed by atoms with Gasteiger partial charge in [0.2, 0.25) is 15.9 Å². The third kappa shape index (κ3) is 4.26. The minimum atomic E-state index is -4.22. The maximum Gasteiger partial charge on any atom is 0.265 e. The van der Waals surface area contributed by atoms with E-state index < -0.39 is 26.0 Å². The van der Waals surface area contributed by atoms with E-state index in [1.54, 1.807) is 26.0 Å². The number of amides is 1. The van der Waals surface area contributed by atoms with Gasteiger partial charge in [-0.1, -0.05) is 17.7 Å². The van der Waals surface area contributed by atoms with Gasteiger partial charge in [-0.25, -0.2) is 21.1 Å². The van der Waals surface area contributed by atoms with Crippen LogP contribution in [0.1, 0.15) is 24.5 Å². The lowest BCUT2D eigenvalue weighted by molar-refractivity contribution is -0.116. The highest BCUT2D eigenvalue weighted by Crippen LogP contribution is 2.35. The quantitative estimate of drug-likeness (QED) is 0.691. The Labute approximate surface area is 180 Å². The zero-order valence-corrected chi connectivity index (χ0v) is 19.0. The summed E-state index contributed by atoms with van der Waals surface area (Å²) in [6, 6.07) is 7.19. The molecule has 30 heavy (non-hydrogen) atoms. The van der Waals surface area contributed by atoms with E-state index in [-0.39, 0.29) is 45.8 Å². The van der Waals surface area contributed by atoms with E-state index in [0.29, 0.717) is 9.87 Å². The summed E-state index contributed by atoms with van der Waals surface area (Å²) in [5, 5.41) is 0.225. The van der Waals surface area contributed by atoms with Gasteiger partial charge in [0.05, 0.1) is 28.8 Å². The van der Waals surface area contributed by atoms with Gasteiger partial charge in [-0.3, -0.25) is 9.52 Å². The third-order valence-corrected chi connectivity index (χ3v) is 7.86. The lowest BCUT2D eigenvalue weighted by Gasteiger charge is -2.19. The molecule has 2 aromatic rings. The van der Waals surface area contributed by atoms with Crippen LogP contribution >= 0.6 is 11.6 Å². The molecular weight excluding hydrogens is 452 g/mol. The summed E-state index contributed by atoms with van der Waals surface area (Å²) in [5.41, 5.74) is 1.64. The molecule has 0 aromatic heterocycles. The van der Waals surface area contributed by atoms with E-state index in [4.69, 9.17) is 16.3 Å². The van der Waals surface area contributed by atoms with E-state index in [1.807, 2.05) is 6.92 Å². The highest BCUT2D eigenvalue weighted by Gasteiger charge is 2.37. The van der Waals surface area contributed by atoms with E-state index in [2.05, 4.69) is 4.72 Å². The Balaban J connectivity index is 2.12. The van der Waals surface area contributed by atoms with Crippen LogP contribution in [-0.2, 0) is 24.8 Å². The molecule has 162 valence electrons. The first kappa shape index (κ1) is 22.4. The van der Waals surface area contributed by atoms with Crippen molar-refractivity contribution < 1.29 is 26.4 Å². The van der Waals surface area contributed by atoms with Crippen LogP contribution in [0.2, 0.25) is 5.02 Å². The van der Waals surface area contributed by atoms with Crippen molar-refractivity contribution in [1.82, 2.24) is 0 Å². The number of aryl methyl sites for hydroxylation is 2. The Bertz CT molecular complexity index is 1200. The fourth-order valence-corrected chi connectivity index (χ4v) is 6.40. The topological polar surface area (TPSA) is 110 Å². The van der Waals surface area contributed by atoms with Gasteiger partial charge in [-0.15, -0.1) is 0 Å². The summed E-state index contributed by atoms with van der Waals surface area (Å²) in [7, 11) is -8.07. The molecule has 1 aliphatic rings. The number of rotatable bonds is 6. The number of carbonyl (C=O) groups is 1. The van der Waals surface area contributed by atoms with Crippen LogP contribution in [0.15, 0.2) is 35.2 Å². The molecule has 0 radical (unpaired) electrons. The van der Waals surface area contributed by atoms with Gasteiger partial charge >= 0.3 is 0 Å². The minimum Gasteiger partial charge on any atom is -0.492 e. The molecule has 8 nitrogen and oxygen atoms in total. The Morgan fingerprint density at radius 1 is 1.20 bits per heavy atom. The van der Waals surface area contributed by atoms with Gasteiger partial charge in [0.1, 0.15) is 10.6 Å². The number of hydrogen-bond acceptors (Lipinski definition) is 6. The highest BCUT2D eigenvalue weighted by atomic mass is 35.5. The molecule has 0 saturated carbocycles. The number of hydrogen-bond donors (Lipinski definition) is 1. The standard InChI is InChI=1S/C19H21ClN2O6S2/c1-4-28-16-6-5-14(22-18(23)7-8-29(22,24)25)11-17(16)30(26,27)21-19-13(3)9-12(2)10-15(19)20/h5-6,9-11,21H,4,7-8H2,1-3H3. The molecule has 1 heterocycles. The van der Waals surface area contributed by atoms with E-state index in [0.717, 1.165) is 11.6 Å². The average molecular weight is 473 g/mol. The number of nitrogens with one attached hydrogen (secondary N) is 1. The van der Waals surface area contributed by atoms with Gasteiger partial charge in [0, 0.05) is 6.42 Å². The first-order chi connectivity index (χ1) is 14.0. The van der Waals surface area contributed by atoms with Crippen LogP contribution in [0.5, 0.6) is 5.75 Å². The molecule has 0 bridgehead atoms. The fourth-order valence-electron chi connectivity index (χ4n) is 3.21. The molecule has 0 spiro atoms. The van der Waals surface area contributed by atoms with Gasteiger partial charge in [0.15, 0.2) is 0 Å². The molecule has 11 heteroatoms. The number of benzene rings is 2. The van der Waals surface area contributed by atoms with Crippen molar-refractivity contribution in [3.63, 3.8) is 0 Å². The SMILES string of the molecule is CCOc1ccc(N2C(=O)CCS2(=O)=O)cc1S(=O)(=O)Nc1c(C)cc(C)cc1Cl. The number of ether oxygens (including phenoxy) is 1. The van der Waals surface area contributed by atoms with Crippen molar-refractivity contribution in [3.05, 3.63) is 46.5 Å². The first-order valence-electron chi connectivity index (χ1n) is 9.08. The van der Waals surface area contributed by atoms with E-state index in [1.165, 1.54) is 12.1 Å². The number of halogens is 1. The van der Waals surface area contributed by atoms with Crippen molar-refractivity contribution >= 4 is 48.9 Å². The minimum absolute atomic E-state index is 0.0266. The fraction of sp³-hybridized carbons (Fsp3) is 0.316. The van der Waals surface area contributed by atoms with Crippen molar-refractivity contribution in [2.24, 2.45) is 0 Å². The average Bonchev–Trinajstić information content (AvgIpc) is 2.91. The number of sulfonamides is 2. The van der Waals surface area contributed by atoms with E-state index >= 15 is 0 Å². The second kappa shape index (κ2) is 8.09. The first-order valence-corrected chi connectivity index (χ1v) is 12.6. The second-order valence-electron chi connectivity index (χ2n) is 6.83. The normalized spacial score (nSPS) is 16.0. The summed E-state index contributed by atoms with van der Waals surface area (Å²) >= 11 is 6.23. The maximum absolute atomic E-state index is 13.2. The summed E-state index contributed by atoms with van der Waals surface area (Å²) in [5.74, 6) is -0.913. The summed E-state index contributed by atoms with van der Waals surface area (Å²) in [4.78, 5) is 11.8. The largest absolute Gasteiger partial charge is 0.492 e. The summed E-state index contributed by atoms with van der Waals surface area (Å²) < 4.78 is 59.4. The van der Waals surface area contributed by atoms with Gasteiger partial charge < -0.3 is 4.74 Å². The lowest BCUT2D eigenvalue weighted by Crippen LogP contribution is -2.29. The Hall–Kier alpha value is -2.30.